The van der Waals surface area contributed by atoms with Gasteiger partial charge in [-0.3, -0.25) is 0 Å². The van der Waals surface area contributed by atoms with Crippen LogP contribution in [0.25, 0.3) is 0 Å². The molecule has 0 bridgehead atoms. The van der Waals surface area contributed by atoms with Crippen LogP contribution in [0, 0.1) is 0 Å². The van der Waals surface area contributed by atoms with Crippen molar-refractivity contribution in [2.75, 3.05) is 25.6 Å². The molecule has 0 radical (unpaired) electrons. The van der Waals surface area contributed by atoms with Gasteiger partial charge in [0, 0.05) is 19.8 Å². The number of rotatable bonds is 6. The highest BCUT2D eigenvalue weighted by atomic mass is 16.7. The Hall–Kier alpha value is -1.34. The summed E-state index contributed by atoms with van der Waals surface area (Å²) in [6, 6.07) is 0. The van der Waals surface area contributed by atoms with Gasteiger partial charge in [0.25, 0.3) is 0 Å². The average molecular weight is 321 g/mol. The first-order valence-electron chi connectivity index (χ1n) is 8.19. The normalized spacial score (nSPS) is 19.0. The highest BCUT2D eigenvalue weighted by Crippen LogP contribution is 2.37. The fourth-order valence-electron chi connectivity index (χ4n) is 2.34. The molecule has 2 rings (SSSR count). The minimum Gasteiger partial charge on any atom is -0.481 e. The maximum atomic E-state index is 6.06. The summed E-state index contributed by atoms with van der Waals surface area (Å²) >= 11 is 0. The Morgan fingerprint density at radius 1 is 1.22 bits per heavy atom. The summed E-state index contributed by atoms with van der Waals surface area (Å²) < 4.78 is 17.6. The third-order valence-corrected chi connectivity index (χ3v) is 4.66. The molecule has 0 amide bonds. The zero-order valence-corrected chi connectivity index (χ0v) is 15.3. The Labute approximate surface area is 139 Å². The molecule has 1 saturated heterocycles. The lowest BCUT2D eigenvalue weighted by atomic mass is 9.81. The van der Waals surface area contributed by atoms with Crippen LogP contribution in [0.4, 0.5) is 5.95 Å². The van der Waals surface area contributed by atoms with E-state index in [0.717, 1.165) is 24.8 Å². The van der Waals surface area contributed by atoms with Gasteiger partial charge in [0.2, 0.25) is 11.8 Å². The third-order valence-electron chi connectivity index (χ3n) is 4.66. The first kappa shape index (κ1) is 18.0. The number of hydrogen-bond donors (Lipinski definition) is 0. The van der Waals surface area contributed by atoms with Crippen molar-refractivity contribution in [3.63, 3.8) is 0 Å². The van der Waals surface area contributed by atoms with Gasteiger partial charge in [-0.15, -0.1) is 0 Å². The number of nitrogens with zero attached hydrogens (tertiary/aromatic N) is 3. The lowest BCUT2D eigenvalue weighted by Gasteiger charge is -2.32. The van der Waals surface area contributed by atoms with Crippen molar-refractivity contribution >= 4 is 18.5 Å². The molecule has 7 heteroatoms. The smallest absolute Gasteiger partial charge is 0.481 e. The summed E-state index contributed by atoms with van der Waals surface area (Å²) in [5.41, 5.74) is -0.0859. The van der Waals surface area contributed by atoms with E-state index in [1.54, 1.807) is 13.3 Å². The zero-order valence-electron chi connectivity index (χ0n) is 15.3. The molecule has 0 aromatic carbocycles. The van der Waals surface area contributed by atoms with Gasteiger partial charge in [0.05, 0.1) is 23.8 Å². The second-order valence-corrected chi connectivity index (χ2v) is 7.00. The monoisotopic (exact) mass is 321 g/mol. The molecule has 0 atom stereocenters. The van der Waals surface area contributed by atoms with E-state index in [1.807, 2.05) is 39.6 Å². The molecule has 0 N–H and O–H groups in total. The predicted molar refractivity (Wildman–Crippen MR) is 92.5 cm³/mol. The van der Waals surface area contributed by atoms with Crippen LogP contribution in [0.3, 0.4) is 0 Å². The number of anilines is 1. The summed E-state index contributed by atoms with van der Waals surface area (Å²) in [5, 5.41) is 0. The minimum atomic E-state index is -0.523. The van der Waals surface area contributed by atoms with Gasteiger partial charge in [-0.1, -0.05) is 13.3 Å². The van der Waals surface area contributed by atoms with Crippen LogP contribution in [-0.4, -0.2) is 49.0 Å². The maximum Gasteiger partial charge on any atom is 0.502 e. The highest BCUT2D eigenvalue weighted by molar-refractivity contribution is 6.63. The van der Waals surface area contributed by atoms with E-state index in [-0.39, 0.29) is 0 Å². The largest absolute Gasteiger partial charge is 0.502 e. The van der Waals surface area contributed by atoms with Crippen LogP contribution < -0.4 is 15.1 Å². The van der Waals surface area contributed by atoms with Crippen LogP contribution in [0.15, 0.2) is 6.20 Å². The molecule has 2 heterocycles. The molecule has 1 aromatic rings. The van der Waals surface area contributed by atoms with Crippen molar-refractivity contribution in [3.8, 4) is 5.88 Å². The lowest BCUT2D eigenvalue weighted by molar-refractivity contribution is 0.00578. The van der Waals surface area contributed by atoms with E-state index >= 15 is 0 Å². The zero-order chi connectivity index (χ0) is 17.3. The first-order chi connectivity index (χ1) is 10.7. The predicted octanol–water partition coefficient (Wildman–Crippen LogP) is 2.02. The van der Waals surface area contributed by atoms with Crippen LogP contribution in [0.5, 0.6) is 5.88 Å². The Bertz CT molecular complexity index is 535. The van der Waals surface area contributed by atoms with E-state index in [2.05, 4.69) is 16.9 Å². The summed E-state index contributed by atoms with van der Waals surface area (Å²) in [7, 11) is 3.07. The Morgan fingerprint density at radius 2 is 1.83 bits per heavy atom. The molecule has 6 nitrogen and oxygen atoms in total. The van der Waals surface area contributed by atoms with E-state index in [4.69, 9.17) is 14.0 Å². The molecule has 23 heavy (non-hydrogen) atoms. The van der Waals surface area contributed by atoms with Crippen molar-refractivity contribution in [3.05, 3.63) is 6.20 Å². The van der Waals surface area contributed by atoms with Gasteiger partial charge in [-0.05, 0) is 34.1 Å². The second-order valence-electron chi connectivity index (χ2n) is 7.00. The number of aromatic nitrogens is 2. The molecule has 1 aliphatic rings. The SMILES string of the molecule is CCCCN(C)c1ncc(B2OC(C)(C)C(C)(C)O2)c(OC)n1. The highest BCUT2D eigenvalue weighted by Gasteiger charge is 2.52. The molecular formula is C16H28BN3O3. The third kappa shape index (κ3) is 3.61. The van der Waals surface area contributed by atoms with Crippen LogP contribution >= 0.6 is 0 Å². The van der Waals surface area contributed by atoms with Gasteiger partial charge >= 0.3 is 7.12 Å². The maximum absolute atomic E-state index is 6.06. The van der Waals surface area contributed by atoms with E-state index in [0.29, 0.717) is 11.8 Å². The van der Waals surface area contributed by atoms with Crippen LogP contribution in [0.1, 0.15) is 47.5 Å². The molecule has 0 unspecified atom stereocenters. The van der Waals surface area contributed by atoms with Gasteiger partial charge in [-0.25, -0.2) is 4.98 Å². The van der Waals surface area contributed by atoms with Crippen molar-refractivity contribution in [1.82, 2.24) is 9.97 Å². The Balaban J connectivity index is 2.24. The Kier molecular flexibility index (Phi) is 5.21. The fourth-order valence-corrected chi connectivity index (χ4v) is 2.34. The standard InChI is InChI=1S/C16H28BN3O3/c1-8-9-10-20(6)14-18-11-12(13(19-14)21-7)17-22-15(2,3)16(4,5)23-17/h11H,8-10H2,1-7H3. The van der Waals surface area contributed by atoms with Crippen molar-refractivity contribution in [2.45, 2.75) is 58.7 Å². The molecular weight excluding hydrogens is 293 g/mol. The molecule has 0 aliphatic carbocycles. The van der Waals surface area contributed by atoms with Crippen LogP contribution in [0.2, 0.25) is 0 Å². The summed E-state index contributed by atoms with van der Waals surface area (Å²) in [5.74, 6) is 1.15. The summed E-state index contributed by atoms with van der Waals surface area (Å²) in [4.78, 5) is 11.0. The van der Waals surface area contributed by atoms with Crippen LogP contribution in [-0.2, 0) is 9.31 Å². The molecule has 0 saturated carbocycles. The van der Waals surface area contributed by atoms with Gasteiger partial charge in [-0.2, -0.15) is 4.98 Å². The molecule has 128 valence electrons. The molecule has 1 aromatic heterocycles. The number of ether oxygens (including phenoxy) is 1. The molecule has 0 spiro atoms. The van der Waals surface area contributed by atoms with Crippen molar-refractivity contribution < 1.29 is 14.0 Å². The molecule has 1 fully saturated rings. The van der Waals surface area contributed by atoms with Crippen molar-refractivity contribution in [1.29, 1.82) is 0 Å². The van der Waals surface area contributed by atoms with E-state index in [9.17, 15) is 0 Å². The number of methoxy groups -OCH3 is 1. The lowest BCUT2D eigenvalue weighted by Crippen LogP contribution is -2.41. The Morgan fingerprint density at radius 3 is 2.35 bits per heavy atom. The van der Waals surface area contributed by atoms with Crippen molar-refractivity contribution in [2.24, 2.45) is 0 Å². The number of hydrogen-bond acceptors (Lipinski definition) is 6. The molecule has 1 aliphatic heterocycles. The summed E-state index contributed by atoms with van der Waals surface area (Å²) in [6.45, 7) is 11.2. The topological polar surface area (TPSA) is 56.7 Å². The minimum absolute atomic E-state index is 0.404. The van der Waals surface area contributed by atoms with E-state index in [1.165, 1.54) is 0 Å². The summed E-state index contributed by atoms with van der Waals surface area (Å²) in [6.07, 6.45) is 3.97. The average Bonchev–Trinajstić information content (AvgIpc) is 2.72. The number of unbranched alkanes of at least 4 members (excludes halogenated alkanes) is 1. The first-order valence-corrected chi connectivity index (χ1v) is 8.19. The fraction of sp³-hybridized carbons (Fsp3) is 0.750. The van der Waals surface area contributed by atoms with Gasteiger partial charge in [0.15, 0.2) is 0 Å². The van der Waals surface area contributed by atoms with Gasteiger partial charge in [0.1, 0.15) is 0 Å². The van der Waals surface area contributed by atoms with Gasteiger partial charge < -0.3 is 18.9 Å². The van der Waals surface area contributed by atoms with E-state index < -0.39 is 18.3 Å². The second kappa shape index (κ2) is 6.65. The quantitative estimate of drug-likeness (QED) is 0.747.